The molecule has 3 aliphatic heterocycles. The van der Waals surface area contributed by atoms with E-state index in [1.54, 1.807) is 9.42 Å². The number of hydrogen-bond donors (Lipinski definition) is 2. The highest BCUT2D eigenvalue weighted by atomic mass is 16.6. The molecule has 1 aromatic carbocycles. The number of fused-ring (bicyclic) bond motifs is 1. The van der Waals surface area contributed by atoms with Gasteiger partial charge in [0.25, 0.3) is 5.91 Å². The van der Waals surface area contributed by atoms with Crippen LogP contribution in [0.5, 0.6) is 0 Å². The van der Waals surface area contributed by atoms with Gasteiger partial charge in [-0.25, -0.2) is 9.31 Å². The summed E-state index contributed by atoms with van der Waals surface area (Å²) in [6.45, 7) is 7.12. The molecule has 5 heterocycles. The van der Waals surface area contributed by atoms with Crippen molar-refractivity contribution >= 4 is 34.9 Å². The first-order valence-corrected chi connectivity index (χ1v) is 13.9. The Morgan fingerprint density at radius 1 is 1.08 bits per heavy atom. The predicted molar refractivity (Wildman–Crippen MR) is 149 cm³/mol. The van der Waals surface area contributed by atoms with E-state index in [4.69, 9.17) is 9.72 Å². The van der Waals surface area contributed by atoms with Gasteiger partial charge >= 0.3 is 6.09 Å². The number of carbonyl (C=O) groups is 2. The van der Waals surface area contributed by atoms with Crippen molar-refractivity contribution in [2.45, 2.75) is 32.6 Å². The molecule has 2 amide bonds. The Hall–Kier alpha value is -3.92. The van der Waals surface area contributed by atoms with Crippen LogP contribution in [0.4, 0.5) is 16.4 Å². The number of anilines is 2. The van der Waals surface area contributed by atoms with Gasteiger partial charge in [0.15, 0.2) is 5.65 Å². The number of pyridine rings is 1. The van der Waals surface area contributed by atoms with E-state index in [0.717, 1.165) is 67.9 Å². The number of benzene rings is 1. The largest absolute Gasteiger partial charge is 0.450 e. The van der Waals surface area contributed by atoms with Crippen molar-refractivity contribution in [3.05, 3.63) is 59.8 Å². The van der Waals surface area contributed by atoms with Gasteiger partial charge < -0.3 is 25.2 Å². The van der Waals surface area contributed by atoms with Gasteiger partial charge in [-0.15, -0.1) is 5.10 Å². The number of likely N-dealkylation sites (tertiary alicyclic amines) is 1. The van der Waals surface area contributed by atoms with Crippen molar-refractivity contribution in [3.8, 4) is 0 Å². The first-order chi connectivity index (χ1) is 19.0. The average Bonchev–Trinajstić information content (AvgIpc) is 3.60. The molecule has 0 atom stereocenters. The Labute approximate surface area is 228 Å². The maximum Gasteiger partial charge on any atom is 0.410 e. The summed E-state index contributed by atoms with van der Waals surface area (Å²) >= 11 is 0. The second-order valence-electron chi connectivity index (χ2n) is 10.7. The van der Waals surface area contributed by atoms with E-state index in [0.29, 0.717) is 36.6 Å². The lowest BCUT2D eigenvalue weighted by atomic mass is 9.78. The van der Waals surface area contributed by atoms with E-state index in [9.17, 15) is 9.59 Å². The fourth-order valence-corrected chi connectivity index (χ4v) is 5.92. The Bertz CT molecular complexity index is 1380. The van der Waals surface area contributed by atoms with Crippen molar-refractivity contribution in [2.24, 2.45) is 5.41 Å². The fourth-order valence-electron chi connectivity index (χ4n) is 5.92. The summed E-state index contributed by atoms with van der Waals surface area (Å²) in [5, 5.41) is 11.4. The Morgan fingerprint density at radius 2 is 1.90 bits per heavy atom. The number of hydrogen-bond acceptors (Lipinski definition) is 7. The zero-order valence-electron chi connectivity index (χ0n) is 22.4. The number of nitrogens with one attached hydrogen (secondary N) is 2. The van der Waals surface area contributed by atoms with Crippen molar-refractivity contribution in [1.29, 1.82) is 0 Å². The lowest BCUT2D eigenvalue weighted by Gasteiger charge is -2.38. The minimum atomic E-state index is -0.279. The third-order valence-corrected chi connectivity index (χ3v) is 8.27. The number of piperidine rings is 1. The molecule has 2 saturated heterocycles. The smallest absolute Gasteiger partial charge is 0.410 e. The minimum absolute atomic E-state index is 0.0973. The topological polar surface area (TPSA) is 104 Å². The van der Waals surface area contributed by atoms with Crippen LogP contribution in [-0.2, 0) is 4.74 Å². The zero-order chi connectivity index (χ0) is 26.8. The molecule has 2 fully saturated rings. The molecule has 0 saturated carbocycles. The van der Waals surface area contributed by atoms with Crippen LogP contribution in [0.2, 0.25) is 0 Å². The molecular weight excluding hydrogens is 494 g/mol. The monoisotopic (exact) mass is 529 g/mol. The van der Waals surface area contributed by atoms with Gasteiger partial charge in [0.05, 0.1) is 6.61 Å². The third kappa shape index (κ3) is 5.21. The summed E-state index contributed by atoms with van der Waals surface area (Å²) in [7, 11) is 0. The van der Waals surface area contributed by atoms with Crippen molar-refractivity contribution < 1.29 is 14.3 Å². The van der Waals surface area contributed by atoms with Gasteiger partial charge in [0.1, 0.15) is 0 Å². The summed E-state index contributed by atoms with van der Waals surface area (Å²) in [6.07, 6.45) is 7.75. The van der Waals surface area contributed by atoms with Crippen molar-refractivity contribution in [2.75, 3.05) is 51.2 Å². The minimum Gasteiger partial charge on any atom is -0.450 e. The second kappa shape index (κ2) is 10.7. The highest BCUT2D eigenvalue weighted by Crippen LogP contribution is 2.37. The molecule has 1 spiro atoms. The quantitative estimate of drug-likeness (QED) is 0.516. The standard InChI is InChI=1S/C29H35N7O3/c1-2-39-28(38)35-16-9-21(10-17-35)24-4-3-15-36-25(24)32-27(33-36)31-23-7-5-22(6-8-23)26(37)34-18-12-29(13-19-34)11-14-30-20-29/h3-9,15,30H,2,10-14,16-20H2,1H3,(H,31,33). The van der Waals surface area contributed by atoms with Crippen LogP contribution in [0, 0.1) is 5.41 Å². The Morgan fingerprint density at radius 3 is 2.59 bits per heavy atom. The first-order valence-electron chi connectivity index (χ1n) is 13.9. The summed E-state index contributed by atoms with van der Waals surface area (Å²) in [6, 6.07) is 11.5. The molecule has 2 N–H and O–H groups in total. The number of nitrogens with zero attached hydrogens (tertiary/aromatic N) is 5. The van der Waals surface area contributed by atoms with Gasteiger partial charge in [0, 0.05) is 55.7 Å². The molecule has 204 valence electrons. The molecule has 0 radical (unpaired) electrons. The summed E-state index contributed by atoms with van der Waals surface area (Å²) in [5.41, 5.74) is 4.80. The highest BCUT2D eigenvalue weighted by Gasteiger charge is 2.38. The van der Waals surface area contributed by atoms with E-state index in [1.165, 1.54) is 6.42 Å². The molecule has 0 aliphatic carbocycles. The van der Waals surface area contributed by atoms with Crippen LogP contribution in [0.25, 0.3) is 11.2 Å². The number of rotatable bonds is 5. The van der Waals surface area contributed by atoms with E-state index < -0.39 is 0 Å². The molecular formula is C29H35N7O3. The molecule has 6 rings (SSSR count). The molecule has 3 aromatic rings. The van der Waals surface area contributed by atoms with Gasteiger partial charge in [0.2, 0.25) is 5.95 Å². The van der Waals surface area contributed by atoms with Crippen molar-refractivity contribution in [3.63, 3.8) is 0 Å². The molecule has 0 bridgehead atoms. The summed E-state index contributed by atoms with van der Waals surface area (Å²) in [5.74, 6) is 0.581. The van der Waals surface area contributed by atoms with Gasteiger partial charge in [-0.3, -0.25) is 4.79 Å². The number of carbonyl (C=O) groups excluding carboxylic acids is 2. The first kappa shape index (κ1) is 25.4. The second-order valence-corrected chi connectivity index (χ2v) is 10.7. The van der Waals surface area contributed by atoms with E-state index in [2.05, 4.69) is 21.8 Å². The SMILES string of the molecule is CCOC(=O)N1CC=C(c2cccn3nc(Nc4ccc(C(=O)N5CCC6(CCNC6)CC5)cc4)nc23)CC1. The van der Waals surface area contributed by atoms with Crippen LogP contribution < -0.4 is 10.6 Å². The number of aromatic nitrogens is 3. The van der Waals surface area contributed by atoms with E-state index in [1.807, 2.05) is 54.4 Å². The van der Waals surface area contributed by atoms with Gasteiger partial charge in [-0.2, -0.15) is 4.98 Å². The maximum absolute atomic E-state index is 13.1. The fraction of sp³-hybridized carbons (Fsp3) is 0.448. The molecule has 2 aromatic heterocycles. The van der Waals surface area contributed by atoms with Crippen LogP contribution in [0.3, 0.4) is 0 Å². The third-order valence-electron chi connectivity index (χ3n) is 8.27. The number of amides is 2. The van der Waals surface area contributed by atoms with Crippen LogP contribution in [0.15, 0.2) is 48.7 Å². The van der Waals surface area contributed by atoms with Crippen LogP contribution in [-0.4, -0.2) is 82.3 Å². The number of ether oxygens (including phenoxy) is 1. The normalized spacial score (nSPS) is 18.8. The lowest BCUT2D eigenvalue weighted by Crippen LogP contribution is -2.44. The molecule has 39 heavy (non-hydrogen) atoms. The van der Waals surface area contributed by atoms with Crippen LogP contribution >= 0.6 is 0 Å². The molecule has 10 nitrogen and oxygen atoms in total. The van der Waals surface area contributed by atoms with Gasteiger partial charge in [-0.05, 0) is 86.5 Å². The summed E-state index contributed by atoms with van der Waals surface area (Å²) < 4.78 is 6.88. The van der Waals surface area contributed by atoms with Crippen LogP contribution in [0.1, 0.15) is 48.5 Å². The summed E-state index contributed by atoms with van der Waals surface area (Å²) in [4.78, 5) is 33.6. The molecule has 10 heteroatoms. The zero-order valence-corrected chi connectivity index (χ0v) is 22.4. The highest BCUT2D eigenvalue weighted by molar-refractivity contribution is 5.94. The van der Waals surface area contributed by atoms with Gasteiger partial charge in [-0.1, -0.05) is 6.08 Å². The van der Waals surface area contributed by atoms with Crippen molar-refractivity contribution in [1.82, 2.24) is 29.7 Å². The molecule has 0 unspecified atom stereocenters. The Kier molecular flexibility index (Phi) is 6.95. The van der Waals surface area contributed by atoms with E-state index >= 15 is 0 Å². The Balaban J connectivity index is 1.11. The predicted octanol–water partition coefficient (Wildman–Crippen LogP) is 3.93. The van der Waals surface area contributed by atoms with E-state index in [-0.39, 0.29) is 12.0 Å². The molecule has 3 aliphatic rings. The lowest BCUT2D eigenvalue weighted by molar-refractivity contribution is 0.0607. The maximum atomic E-state index is 13.1. The average molecular weight is 530 g/mol.